The van der Waals surface area contributed by atoms with E-state index in [9.17, 15) is 14.4 Å². The molecule has 2 heterocycles. The monoisotopic (exact) mass is 556 g/mol. The van der Waals surface area contributed by atoms with Crippen molar-refractivity contribution in [3.63, 3.8) is 0 Å². The summed E-state index contributed by atoms with van der Waals surface area (Å²) in [6.45, 7) is 9.86. The fourth-order valence-corrected chi connectivity index (χ4v) is 5.11. The summed E-state index contributed by atoms with van der Waals surface area (Å²) < 4.78 is 0. The van der Waals surface area contributed by atoms with E-state index in [1.54, 1.807) is 6.20 Å². The predicted octanol–water partition coefficient (Wildman–Crippen LogP) is 4.56. The van der Waals surface area contributed by atoms with Crippen LogP contribution in [-0.4, -0.2) is 79.9 Å². The van der Waals surface area contributed by atoms with Crippen molar-refractivity contribution < 1.29 is 34.8 Å². The number of ketones is 1. The molecule has 40 heavy (non-hydrogen) atoms. The van der Waals surface area contributed by atoms with E-state index < -0.39 is 24.1 Å². The second-order valence-corrected chi connectivity index (χ2v) is 10.4. The molecule has 0 bridgehead atoms. The lowest BCUT2D eigenvalue weighted by molar-refractivity contribution is -0.165. The van der Waals surface area contributed by atoms with Crippen LogP contribution in [0.5, 0.6) is 0 Å². The number of benzene rings is 1. The van der Waals surface area contributed by atoms with Crippen LogP contribution in [0.4, 0.5) is 0 Å². The highest BCUT2D eigenvalue weighted by molar-refractivity contribution is 6.07. The van der Waals surface area contributed by atoms with Gasteiger partial charge in [0.05, 0.1) is 5.52 Å². The summed E-state index contributed by atoms with van der Waals surface area (Å²) in [5.41, 5.74) is 1.71. The van der Waals surface area contributed by atoms with Gasteiger partial charge in [0.2, 0.25) is 0 Å². The van der Waals surface area contributed by atoms with Crippen LogP contribution in [0.3, 0.4) is 0 Å². The lowest BCUT2D eigenvalue weighted by atomic mass is 9.81. The Morgan fingerprint density at radius 3 is 2.33 bits per heavy atom. The van der Waals surface area contributed by atoms with E-state index in [1.807, 2.05) is 30.3 Å². The maximum atomic E-state index is 12.9. The molecular weight excluding hydrogens is 512 g/mol. The first-order valence-corrected chi connectivity index (χ1v) is 14.2. The van der Waals surface area contributed by atoms with Crippen LogP contribution < -0.4 is 0 Å². The van der Waals surface area contributed by atoms with E-state index in [4.69, 9.17) is 20.4 Å². The summed E-state index contributed by atoms with van der Waals surface area (Å²) in [7, 11) is 0. The molecule has 4 unspecified atom stereocenters. The summed E-state index contributed by atoms with van der Waals surface area (Å²) in [5.74, 6) is -2.23. The lowest BCUT2D eigenvalue weighted by Gasteiger charge is -2.37. The molecule has 0 spiro atoms. The van der Waals surface area contributed by atoms with Crippen molar-refractivity contribution in [1.82, 2.24) is 9.88 Å². The number of aliphatic carboxylic acids is 2. The summed E-state index contributed by atoms with van der Waals surface area (Å²) in [5, 5.41) is 33.5. The highest BCUT2D eigenvalue weighted by Gasteiger charge is 2.29. The molecule has 3 rings (SSSR count). The second-order valence-electron chi connectivity index (χ2n) is 10.4. The van der Waals surface area contributed by atoms with Crippen molar-refractivity contribution in [3.05, 3.63) is 54.7 Å². The molecule has 2 aromatic rings. The Morgan fingerprint density at radius 1 is 1.02 bits per heavy atom. The number of aliphatic hydroxyl groups excluding tert-OH is 2. The van der Waals surface area contributed by atoms with Crippen molar-refractivity contribution in [3.8, 4) is 0 Å². The zero-order valence-electron chi connectivity index (χ0n) is 23.5. The summed E-state index contributed by atoms with van der Waals surface area (Å²) in [6.07, 6.45) is 10.2. The third-order valence-electron chi connectivity index (χ3n) is 7.52. The number of pyridine rings is 1. The minimum absolute atomic E-state index is 0.242. The number of nitrogens with zero attached hydrogens (tertiary/aromatic N) is 2. The molecule has 4 atom stereocenters. The second kappa shape index (κ2) is 17.5. The largest absolute Gasteiger partial charge is 0.479 e. The molecule has 1 aliphatic heterocycles. The van der Waals surface area contributed by atoms with Gasteiger partial charge in [0.15, 0.2) is 18.0 Å². The predicted molar refractivity (Wildman–Crippen MR) is 154 cm³/mol. The third kappa shape index (κ3) is 10.4. The lowest BCUT2D eigenvalue weighted by Crippen LogP contribution is -2.40. The summed E-state index contributed by atoms with van der Waals surface area (Å²) >= 11 is 0. The molecule has 9 heteroatoms. The van der Waals surface area contributed by atoms with Gasteiger partial charge in [-0.3, -0.25) is 9.78 Å². The Labute approximate surface area is 236 Å². The normalized spacial score (nSPS) is 18.8. The Bertz CT molecular complexity index is 1080. The zero-order valence-corrected chi connectivity index (χ0v) is 23.5. The molecule has 1 aromatic carbocycles. The average Bonchev–Trinajstić information content (AvgIpc) is 2.96. The molecule has 0 aliphatic carbocycles. The van der Waals surface area contributed by atoms with Gasteiger partial charge in [-0.1, -0.05) is 63.3 Å². The average molecular weight is 557 g/mol. The Hall–Kier alpha value is -3.14. The van der Waals surface area contributed by atoms with Gasteiger partial charge in [-0.25, -0.2) is 9.59 Å². The molecule has 1 aliphatic rings. The fraction of sp³-hybridized carbons (Fsp3) is 0.548. The first-order valence-electron chi connectivity index (χ1n) is 14.2. The van der Waals surface area contributed by atoms with Crippen molar-refractivity contribution in [2.24, 2.45) is 11.8 Å². The molecule has 9 nitrogen and oxygen atoms in total. The van der Waals surface area contributed by atoms with Gasteiger partial charge >= 0.3 is 11.9 Å². The molecule has 0 saturated carbocycles. The molecule has 220 valence electrons. The maximum absolute atomic E-state index is 12.9. The number of para-hydroxylation sites is 1. The van der Waals surface area contributed by atoms with Crippen LogP contribution >= 0.6 is 0 Å². The van der Waals surface area contributed by atoms with Crippen LogP contribution in [0.2, 0.25) is 0 Å². The topological polar surface area (TPSA) is 148 Å². The molecular formula is C31H44N2O7. The van der Waals surface area contributed by atoms with Gasteiger partial charge in [0.1, 0.15) is 0 Å². The van der Waals surface area contributed by atoms with Crippen molar-refractivity contribution in [2.75, 3.05) is 19.6 Å². The van der Waals surface area contributed by atoms with E-state index in [-0.39, 0.29) is 5.78 Å². The number of carboxylic acids is 2. The van der Waals surface area contributed by atoms with Crippen LogP contribution in [0.1, 0.15) is 75.1 Å². The quantitative estimate of drug-likeness (QED) is 0.141. The molecule has 1 fully saturated rings. The number of carbonyl (C=O) groups excluding carboxylic acids is 1. The van der Waals surface area contributed by atoms with Crippen LogP contribution in [0, 0.1) is 11.8 Å². The standard InChI is InChI=1S/C27H38N2O.C4H6O6/c1-3-5-6-7-8-11-19-29-20-17-23(22(4-2)21-29)14-15-27(30)25-16-18-28-26-13-10-9-12-24(25)26;5-1(3(7)8)2(6)4(9)10/h4,9-10,12-13,16,18,22-23H,2-3,5-8,11,14-15,17,19-21H2,1H3;1-2,5-6H,(H,7,8)(H,9,10). The van der Waals surface area contributed by atoms with Gasteiger partial charge in [0, 0.05) is 30.1 Å². The van der Waals surface area contributed by atoms with E-state index in [0.717, 1.165) is 36.0 Å². The minimum atomic E-state index is -2.27. The molecule has 1 saturated heterocycles. The van der Waals surface area contributed by atoms with E-state index in [1.165, 1.54) is 51.5 Å². The highest BCUT2D eigenvalue weighted by atomic mass is 16.4. The Kier molecular flexibility index (Phi) is 14.5. The zero-order chi connectivity index (χ0) is 29.5. The van der Waals surface area contributed by atoms with Gasteiger partial charge in [-0.2, -0.15) is 0 Å². The van der Waals surface area contributed by atoms with E-state index >= 15 is 0 Å². The molecule has 0 amide bonds. The summed E-state index contributed by atoms with van der Waals surface area (Å²) in [6, 6.07) is 9.80. The van der Waals surface area contributed by atoms with Crippen molar-refractivity contribution in [1.29, 1.82) is 0 Å². The number of aliphatic hydroxyl groups is 2. The van der Waals surface area contributed by atoms with Gasteiger partial charge in [0.25, 0.3) is 0 Å². The third-order valence-corrected chi connectivity index (χ3v) is 7.52. The fourth-order valence-electron chi connectivity index (χ4n) is 5.11. The smallest absolute Gasteiger partial charge is 0.335 e. The number of carboxylic acid groups (broad SMARTS) is 2. The van der Waals surface area contributed by atoms with E-state index in [2.05, 4.69) is 29.5 Å². The minimum Gasteiger partial charge on any atom is -0.479 e. The number of fused-ring (bicyclic) bond motifs is 1. The number of piperidine rings is 1. The number of hydrogen-bond donors (Lipinski definition) is 4. The first-order chi connectivity index (χ1) is 19.2. The number of aromatic nitrogens is 1. The maximum Gasteiger partial charge on any atom is 0.335 e. The highest BCUT2D eigenvalue weighted by Crippen LogP contribution is 2.30. The number of hydrogen-bond acceptors (Lipinski definition) is 7. The molecule has 0 radical (unpaired) electrons. The van der Waals surface area contributed by atoms with E-state index in [0.29, 0.717) is 18.3 Å². The van der Waals surface area contributed by atoms with Gasteiger partial charge < -0.3 is 25.3 Å². The first kappa shape index (κ1) is 33.1. The molecule has 4 N–H and O–H groups in total. The van der Waals surface area contributed by atoms with Crippen molar-refractivity contribution in [2.45, 2.75) is 76.9 Å². The number of carbonyl (C=O) groups is 3. The van der Waals surface area contributed by atoms with Crippen LogP contribution in [0.15, 0.2) is 49.2 Å². The molecule has 1 aromatic heterocycles. The van der Waals surface area contributed by atoms with Gasteiger partial charge in [-0.15, -0.1) is 6.58 Å². The van der Waals surface area contributed by atoms with Crippen LogP contribution in [-0.2, 0) is 9.59 Å². The SMILES string of the molecule is C=CC1CN(CCCCCCCC)CCC1CCC(=O)c1ccnc2ccccc12.O=C(O)C(O)C(O)C(=O)O. The van der Waals surface area contributed by atoms with Crippen molar-refractivity contribution >= 4 is 28.6 Å². The summed E-state index contributed by atoms with van der Waals surface area (Å²) in [4.78, 5) is 39.5. The Balaban J connectivity index is 0.000000478. The van der Waals surface area contributed by atoms with Crippen LogP contribution in [0.25, 0.3) is 10.9 Å². The number of unbranched alkanes of at least 4 members (excludes halogenated alkanes) is 5. The number of rotatable bonds is 15. The number of Topliss-reactive ketones (excluding diaryl/α,β-unsaturated/α-hetero) is 1. The van der Waals surface area contributed by atoms with Gasteiger partial charge in [-0.05, 0) is 56.3 Å². The number of likely N-dealkylation sites (tertiary alicyclic amines) is 1. The Morgan fingerprint density at radius 2 is 1.68 bits per heavy atom.